The summed E-state index contributed by atoms with van der Waals surface area (Å²) in [6.07, 6.45) is 0. The zero-order chi connectivity index (χ0) is 9.46. The Morgan fingerprint density at radius 1 is 0.833 bits per heavy atom. The Labute approximate surface area is 87.1 Å². The lowest BCUT2D eigenvalue weighted by molar-refractivity contribution is 1.21. The summed E-state index contributed by atoms with van der Waals surface area (Å²) in [5.74, 6) is 0. The Balaban J connectivity index is 3.60. The van der Waals surface area contributed by atoms with Crippen molar-refractivity contribution in [1.29, 1.82) is 0 Å². The third kappa shape index (κ3) is 1.40. The van der Waals surface area contributed by atoms with Gasteiger partial charge in [-0.15, -0.1) is 0 Å². The molecule has 0 radical (unpaired) electrons. The van der Waals surface area contributed by atoms with Gasteiger partial charge in [-0.1, -0.05) is 27.5 Å². The summed E-state index contributed by atoms with van der Waals surface area (Å²) in [4.78, 5) is 0. The van der Waals surface area contributed by atoms with Crippen LogP contribution >= 0.6 is 27.5 Å². The van der Waals surface area contributed by atoms with Crippen LogP contribution in [0.4, 0.5) is 0 Å². The third-order valence-corrected chi connectivity index (χ3v) is 4.20. The maximum atomic E-state index is 6.13. The van der Waals surface area contributed by atoms with Crippen LogP contribution in [0.3, 0.4) is 0 Å². The summed E-state index contributed by atoms with van der Waals surface area (Å²) in [5.41, 5.74) is 4.89. The van der Waals surface area contributed by atoms with Crippen LogP contribution in [0, 0.1) is 27.7 Å². The molecule has 0 spiro atoms. The van der Waals surface area contributed by atoms with E-state index < -0.39 is 0 Å². The Hall–Kier alpha value is -0.0100. The first-order chi connectivity index (χ1) is 5.46. The molecule has 2 heteroatoms. The van der Waals surface area contributed by atoms with Crippen LogP contribution < -0.4 is 0 Å². The molecule has 0 nitrogen and oxygen atoms in total. The summed E-state index contributed by atoms with van der Waals surface area (Å²) >= 11 is 9.66. The van der Waals surface area contributed by atoms with Gasteiger partial charge in [0.25, 0.3) is 0 Å². The number of hydrogen-bond donors (Lipinski definition) is 0. The fraction of sp³-hybridized carbons (Fsp3) is 0.400. The Kier molecular flexibility index (Phi) is 2.84. The van der Waals surface area contributed by atoms with E-state index >= 15 is 0 Å². The molecule has 0 aliphatic rings. The molecule has 0 aliphatic carbocycles. The molecular weight excluding hydrogens is 235 g/mol. The van der Waals surface area contributed by atoms with Gasteiger partial charge in [0.1, 0.15) is 0 Å². The van der Waals surface area contributed by atoms with Gasteiger partial charge < -0.3 is 0 Å². The van der Waals surface area contributed by atoms with Crippen molar-refractivity contribution < 1.29 is 0 Å². The first kappa shape index (κ1) is 10.1. The normalized spacial score (nSPS) is 10.5. The van der Waals surface area contributed by atoms with E-state index in [0.29, 0.717) is 0 Å². The van der Waals surface area contributed by atoms with Gasteiger partial charge in [0.15, 0.2) is 0 Å². The Bertz CT molecular complexity index is 224. The predicted molar refractivity (Wildman–Crippen MR) is 58.1 cm³/mol. The monoisotopic (exact) mass is 246 g/mol. The van der Waals surface area contributed by atoms with Gasteiger partial charge in [0.05, 0.1) is 0 Å². The predicted octanol–water partition coefficient (Wildman–Crippen LogP) is 4.34. The molecule has 0 heterocycles. The average molecular weight is 248 g/mol. The first-order valence-electron chi connectivity index (χ1n) is 3.88. The fourth-order valence-corrected chi connectivity index (χ4v) is 2.12. The zero-order valence-electron chi connectivity index (χ0n) is 7.76. The number of hydrogen-bond acceptors (Lipinski definition) is 0. The number of benzene rings is 1. The lowest BCUT2D eigenvalue weighted by Gasteiger charge is -2.12. The molecule has 0 bridgehead atoms. The molecule has 0 atom stereocenters. The molecular formula is C10H12BrCl. The van der Waals surface area contributed by atoms with Crippen molar-refractivity contribution in [3.8, 4) is 0 Å². The van der Waals surface area contributed by atoms with Crippen LogP contribution in [0.2, 0.25) is 5.02 Å². The molecule has 12 heavy (non-hydrogen) atoms. The van der Waals surface area contributed by atoms with Gasteiger partial charge >= 0.3 is 0 Å². The van der Waals surface area contributed by atoms with E-state index in [2.05, 4.69) is 36.7 Å². The third-order valence-electron chi connectivity index (χ3n) is 2.44. The van der Waals surface area contributed by atoms with Gasteiger partial charge in [-0.3, -0.25) is 0 Å². The molecule has 0 fully saturated rings. The van der Waals surface area contributed by atoms with Crippen molar-refractivity contribution in [2.24, 2.45) is 0 Å². The SMILES string of the molecule is Cc1c(C)c(Cl)c(C)c(Br)c1C. The highest BCUT2D eigenvalue weighted by Gasteiger charge is 2.10. The second-order valence-corrected chi connectivity index (χ2v) is 4.30. The minimum Gasteiger partial charge on any atom is -0.0837 e. The van der Waals surface area contributed by atoms with E-state index in [0.717, 1.165) is 15.1 Å². The van der Waals surface area contributed by atoms with Crippen molar-refractivity contribution in [3.63, 3.8) is 0 Å². The topological polar surface area (TPSA) is 0 Å². The summed E-state index contributed by atoms with van der Waals surface area (Å²) in [5, 5.41) is 0.880. The molecule has 66 valence electrons. The van der Waals surface area contributed by atoms with Crippen molar-refractivity contribution >= 4 is 27.5 Å². The molecule has 1 rings (SSSR count). The maximum absolute atomic E-state index is 6.13. The average Bonchev–Trinajstić information content (AvgIpc) is 2.08. The second kappa shape index (κ2) is 3.39. The van der Waals surface area contributed by atoms with Crippen LogP contribution in [0.25, 0.3) is 0 Å². The highest BCUT2D eigenvalue weighted by atomic mass is 79.9. The number of rotatable bonds is 0. The fourth-order valence-electron chi connectivity index (χ4n) is 1.27. The van der Waals surface area contributed by atoms with E-state index in [9.17, 15) is 0 Å². The summed E-state index contributed by atoms with van der Waals surface area (Å²) in [6, 6.07) is 0. The molecule has 1 aromatic rings. The van der Waals surface area contributed by atoms with E-state index in [-0.39, 0.29) is 0 Å². The van der Waals surface area contributed by atoms with Crippen LogP contribution in [-0.2, 0) is 0 Å². The Morgan fingerprint density at radius 3 is 1.83 bits per heavy atom. The maximum Gasteiger partial charge on any atom is 0.0478 e. The second-order valence-electron chi connectivity index (χ2n) is 3.13. The molecule has 0 unspecified atom stereocenters. The highest BCUT2D eigenvalue weighted by molar-refractivity contribution is 9.10. The summed E-state index contributed by atoms with van der Waals surface area (Å²) < 4.78 is 1.13. The lowest BCUT2D eigenvalue weighted by atomic mass is 10.0. The van der Waals surface area contributed by atoms with Crippen molar-refractivity contribution in [3.05, 3.63) is 31.7 Å². The van der Waals surface area contributed by atoms with Crippen LogP contribution in [0.5, 0.6) is 0 Å². The van der Waals surface area contributed by atoms with Crippen LogP contribution in [-0.4, -0.2) is 0 Å². The van der Waals surface area contributed by atoms with E-state index in [4.69, 9.17) is 11.6 Å². The van der Waals surface area contributed by atoms with Gasteiger partial charge in [0, 0.05) is 9.50 Å². The van der Waals surface area contributed by atoms with E-state index in [1.807, 2.05) is 6.92 Å². The molecule has 0 aliphatic heterocycles. The molecule has 1 aromatic carbocycles. The quantitative estimate of drug-likeness (QED) is 0.640. The smallest absolute Gasteiger partial charge is 0.0478 e. The molecule has 0 saturated carbocycles. The summed E-state index contributed by atoms with van der Waals surface area (Å²) in [6.45, 7) is 8.30. The van der Waals surface area contributed by atoms with Gasteiger partial charge in [0.2, 0.25) is 0 Å². The minimum absolute atomic E-state index is 0.880. The van der Waals surface area contributed by atoms with E-state index in [1.165, 1.54) is 16.7 Å². The first-order valence-corrected chi connectivity index (χ1v) is 5.05. The van der Waals surface area contributed by atoms with Gasteiger partial charge in [-0.05, 0) is 49.9 Å². The van der Waals surface area contributed by atoms with Crippen LogP contribution in [0.1, 0.15) is 22.3 Å². The standard InChI is InChI=1S/C10H12BrCl/c1-5-6(2)9(11)8(4)10(12)7(5)3/h1-4H3. The minimum atomic E-state index is 0.880. The van der Waals surface area contributed by atoms with Crippen molar-refractivity contribution in [1.82, 2.24) is 0 Å². The Morgan fingerprint density at radius 2 is 1.33 bits per heavy atom. The highest BCUT2D eigenvalue weighted by Crippen LogP contribution is 2.33. The zero-order valence-corrected chi connectivity index (χ0v) is 10.1. The molecule has 0 aromatic heterocycles. The van der Waals surface area contributed by atoms with Gasteiger partial charge in [-0.25, -0.2) is 0 Å². The van der Waals surface area contributed by atoms with Crippen molar-refractivity contribution in [2.75, 3.05) is 0 Å². The van der Waals surface area contributed by atoms with Crippen molar-refractivity contribution in [2.45, 2.75) is 27.7 Å². The summed E-state index contributed by atoms with van der Waals surface area (Å²) in [7, 11) is 0. The van der Waals surface area contributed by atoms with E-state index in [1.54, 1.807) is 0 Å². The van der Waals surface area contributed by atoms with Crippen LogP contribution in [0.15, 0.2) is 4.47 Å². The largest absolute Gasteiger partial charge is 0.0837 e. The molecule has 0 N–H and O–H groups in total. The van der Waals surface area contributed by atoms with Gasteiger partial charge in [-0.2, -0.15) is 0 Å². The molecule has 0 amide bonds. The molecule has 0 saturated heterocycles. The lowest BCUT2D eigenvalue weighted by Crippen LogP contribution is -1.93. The number of halogens is 2.